The number of benzene rings is 1. The molecule has 0 unspecified atom stereocenters. The van der Waals surface area contributed by atoms with Gasteiger partial charge in [0.05, 0.1) is 11.9 Å². The molecular weight excluding hydrogens is 306 g/mol. The zero-order chi connectivity index (χ0) is 13.1. The summed E-state index contributed by atoms with van der Waals surface area (Å²) in [5, 5.41) is 3.41. The SMILES string of the molecule is Brc1cccc(Oc2cncc(CNC3CC3)n2)c1. The first-order valence-corrected chi connectivity index (χ1v) is 7.06. The van der Waals surface area contributed by atoms with Crippen LogP contribution in [0.3, 0.4) is 0 Å². The molecule has 0 radical (unpaired) electrons. The van der Waals surface area contributed by atoms with Gasteiger partial charge in [0.25, 0.3) is 0 Å². The van der Waals surface area contributed by atoms with Crippen LogP contribution in [0.1, 0.15) is 18.5 Å². The van der Waals surface area contributed by atoms with Gasteiger partial charge in [0.2, 0.25) is 5.88 Å². The smallest absolute Gasteiger partial charge is 0.238 e. The van der Waals surface area contributed by atoms with Gasteiger partial charge in [0, 0.05) is 23.3 Å². The third kappa shape index (κ3) is 3.75. The zero-order valence-corrected chi connectivity index (χ0v) is 11.9. The minimum absolute atomic E-state index is 0.521. The van der Waals surface area contributed by atoms with Crippen LogP contribution in [0.4, 0.5) is 0 Å². The molecule has 1 aliphatic rings. The summed E-state index contributed by atoms with van der Waals surface area (Å²) in [5.41, 5.74) is 0.902. The number of nitrogens with one attached hydrogen (secondary N) is 1. The maximum absolute atomic E-state index is 5.69. The van der Waals surface area contributed by atoms with Crippen LogP contribution in [-0.4, -0.2) is 16.0 Å². The topological polar surface area (TPSA) is 47.0 Å². The Morgan fingerprint density at radius 2 is 2.21 bits per heavy atom. The molecule has 19 heavy (non-hydrogen) atoms. The van der Waals surface area contributed by atoms with E-state index in [4.69, 9.17) is 4.74 Å². The highest BCUT2D eigenvalue weighted by molar-refractivity contribution is 9.10. The number of rotatable bonds is 5. The molecule has 0 aliphatic heterocycles. The van der Waals surface area contributed by atoms with E-state index in [0.29, 0.717) is 11.9 Å². The third-order valence-corrected chi connectivity index (χ3v) is 3.32. The van der Waals surface area contributed by atoms with E-state index in [0.717, 1.165) is 22.5 Å². The van der Waals surface area contributed by atoms with Gasteiger partial charge in [-0.05, 0) is 31.0 Å². The van der Waals surface area contributed by atoms with Gasteiger partial charge < -0.3 is 10.1 Å². The van der Waals surface area contributed by atoms with Crippen molar-refractivity contribution in [3.8, 4) is 11.6 Å². The Morgan fingerprint density at radius 1 is 1.32 bits per heavy atom. The molecule has 5 heteroatoms. The molecular formula is C14H14BrN3O. The van der Waals surface area contributed by atoms with Gasteiger partial charge in [-0.1, -0.05) is 22.0 Å². The van der Waals surface area contributed by atoms with Crippen LogP contribution in [-0.2, 0) is 6.54 Å². The van der Waals surface area contributed by atoms with Gasteiger partial charge in [-0.25, -0.2) is 4.98 Å². The molecule has 3 rings (SSSR count). The lowest BCUT2D eigenvalue weighted by atomic mass is 10.3. The highest BCUT2D eigenvalue weighted by Crippen LogP contribution is 2.23. The summed E-state index contributed by atoms with van der Waals surface area (Å²) in [6, 6.07) is 8.33. The zero-order valence-electron chi connectivity index (χ0n) is 10.3. The summed E-state index contributed by atoms with van der Waals surface area (Å²) in [6.45, 7) is 0.743. The monoisotopic (exact) mass is 319 g/mol. The first kappa shape index (κ1) is 12.6. The van der Waals surface area contributed by atoms with Gasteiger partial charge in [0.1, 0.15) is 5.75 Å². The van der Waals surface area contributed by atoms with Crippen LogP contribution in [0.2, 0.25) is 0 Å². The molecule has 98 valence electrons. The van der Waals surface area contributed by atoms with E-state index in [1.807, 2.05) is 24.3 Å². The van der Waals surface area contributed by atoms with E-state index < -0.39 is 0 Å². The number of hydrogen-bond donors (Lipinski definition) is 1. The van der Waals surface area contributed by atoms with Crippen LogP contribution >= 0.6 is 15.9 Å². The second-order valence-electron chi connectivity index (χ2n) is 4.56. The molecule has 0 bridgehead atoms. The van der Waals surface area contributed by atoms with Crippen LogP contribution in [0.15, 0.2) is 41.1 Å². The third-order valence-electron chi connectivity index (χ3n) is 2.83. The molecule has 0 atom stereocenters. The van der Waals surface area contributed by atoms with Gasteiger partial charge >= 0.3 is 0 Å². The normalized spacial score (nSPS) is 14.4. The summed E-state index contributed by atoms with van der Waals surface area (Å²) in [5.74, 6) is 1.27. The van der Waals surface area contributed by atoms with E-state index in [9.17, 15) is 0 Å². The first-order chi connectivity index (χ1) is 9.29. The molecule has 1 aromatic heterocycles. The molecule has 1 fully saturated rings. The van der Waals surface area contributed by atoms with Crippen LogP contribution in [0.25, 0.3) is 0 Å². The van der Waals surface area contributed by atoms with Crippen molar-refractivity contribution in [3.63, 3.8) is 0 Å². The molecule has 1 saturated carbocycles. The van der Waals surface area contributed by atoms with Crippen molar-refractivity contribution in [1.29, 1.82) is 0 Å². The Labute approximate surface area is 120 Å². The highest BCUT2D eigenvalue weighted by Gasteiger charge is 2.20. The standard InChI is InChI=1S/C14H14BrN3O/c15-10-2-1-3-13(6-10)19-14-9-16-7-12(18-14)8-17-11-4-5-11/h1-3,6-7,9,11,17H,4-5,8H2. The lowest BCUT2D eigenvalue weighted by molar-refractivity contribution is 0.456. The summed E-state index contributed by atoms with van der Waals surface area (Å²) in [4.78, 5) is 8.60. The van der Waals surface area contributed by atoms with Crippen molar-refractivity contribution in [2.45, 2.75) is 25.4 Å². The fraction of sp³-hybridized carbons (Fsp3) is 0.286. The van der Waals surface area contributed by atoms with E-state index in [2.05, 4.69) is 31.2 Å². The number of halogens is 1. The first-order valence-electron chi connectivity index (χ1n) is 6.27. The van der Waals surface area contributed by atoms with Crippen molar-refractivity contribution < 1.29 is 4.74 Å². The van der Waals surface area contributed by atoms with Crippen molar-refractivity contribution in [2.24, 2.45) is 0 Å². The number of hydrogen-bond acceptors (Lipinski definition) is 4. The minimum atomic E-state index is 0.521. The van der Waals surface area contributed by atoms with Gasteiger partial charge in [-0.3, -0.25) is 4.98 Å². The largest absolute Gasteiger partial charge is 0.437 e. The molecule has 1 aromatic carbocycles. The second kappa shape index (κ2) is 5.67. The maximum Gasteiger partial charge on any atom is 0.238 e. The second-order valence-corrected chi connectivity index (χ2v) is 5.48. The Balaban J connectivity index is 1.67. The molecule has 0 spiro atoms. The van der Waals surface area contributed by atoms with Gasteiger partial charge in [-0.15, -0.1) is 0 Å². The molecule has 0 amide bonds. The highest BCUT2D eigenvalue weighted by atomic mass is 79.9. The lowest BCUT2D eigenvalue weighted by Crippen LogP contribution is -2.16. The summed E-state index contributed by atoms with van der Waals surface area (Å²) in [7, 11) is 0. The molecule has 4 nitrogen and oxygen atoms in total. The van der Waals surface area contributed by atoms with Crippen molar-refractivity contribution in [1.82, 2.24) is 15.3 Å². The predicted molar refractivity (Wildman–Crippen MR) is 76.1 cm³/mol. The van der Waals surface area contributed by atoms with Crippen molar-refractivity contribution in [2.75, 3.05) is 0 Å². The van der Waals surface area contributed by atoms with E-state index in [1.54, 1.807) is 12.4 Å². The summed E-state index contributed by atoms with van der Waals surface area (Å²) in [6.07, 6.45) is 5.92. The molecule has 2 aromatic rings. The Morgan fingerprint density at radius 3 is 3.00 bits per heavy atom. The Bertz CT molecular complexity index is 572. The fourth-order valence-corrected chi connectivity index (χ4v) is 2.09. The number of ether oxygens (including phenoxy) is 1. The van der Waals surface area contributed by atoms with Crippen LogP contribution in [0, 0.1) is 0 Å². The maximum atomic E-state index is 5.69. The van der Waals surface area contributed by atoms with Crippen molar-refractivity contribution in [3.05, 3.63) is 46.8 Å². The Hall–Kier alpha value is -1.46. The van der Waals surface area contributed by atoms with E-state index in [1.165, 1.54) is 12.8 Å². The number of aromatic nitrogens is 2. The van der Waals surface area contributed by atoms with E-state index >= 15 is 0 Å². The molecule has 1 heterocycles. The number of nitrogens with zero attached hydrogens (tertiary/aromatic N) is 2. The Kier molecular flexibility index (Phi) is 3.75. The summed E-state index contributed by atoms with van der Waals surface area (Å²) >= 11 is 3.41. The van der Waals surface area contributed by atoms with Gasteiger partial charge in [-0.2, -0.15) is 0 Å². The van der Waals surface area contributed by atoms with Crippen molar-refractivity contribution >= 4 is 15.9 Å². The lowest BCUT2D eigenvalue weighted by Gasteiger charge is -2.07. The van der Waals surface area contributed by atoms with Crippen LogP contribution < -0.4 is 10.1 Å². The quantitative estimate of drug-likeness (QED) is 0.918. The minimum Gasteiger partial charge on any atom is -0.437 e. The van der Waals surface area contributed by atoms with E-state index in [-0.39, 0.29) is 0 Å². The summed E-state index contributed by atoms with van der Waals surface area (Å²) < 4.78 is 6.67. The molecule has 0 saturated heterocycles. The van der Waals surface area contributed by atoms with Gasteiger partial charge in [0.15, 0.2) is 0 Å². The fourth-order valence-electron chi connectivity index (χ4n) is 1.71. The average Bonchev–Trinajstić information content (AvgIpc) is 3.21. The average molecular weight is 320 g/mol. The molecule has 1 N–H and O–H groups in total. The van der Waals surface area contributed by atoms with Crippen LogP contribution in [0.5, 0.6) is 11.6 Å². The predicted octanol–water partition coefficient (Wildman–Crippen LogP) is 3.28. The molecule has 1 aliphatic carbocycles.